The van der Waals surface area contributed by atoms with E-state index in [-0.39, 0.29) is 11.8 Å². The van der Waals surface area contributed by atoms with E-state index in [0.29, 0.717) is 37.1 Å². The van der Waals surface area contributed by atoms with Crippen molar-refractivity contribution in [2.45, 2.75) is 75.6 Å². The Hall–Kier alpha value is -0.710. The van der Waals surface area contributed by atoms with E-state index in [1.807, 2.05) is 30.5 Å². The number of carbonyl (C=O) groups is 2. The number of nitrogens with one attached hydrogen (secondary N) is 1. The van der Waals surface area contributed by atoms with Gasteiger partial charge in [-0.05, 0) is 31.9 Å². The van der Waals surface area contributed by atoms with Gasteiger partial charge in [-0.3, -0.25) is 9.59 Å². The van der Waals surface area contributed by atoms with Crippen LogP contribution < -0.4 is 5.32 Å². The Kier molecular flexibility index (Phi) is 5.58. The molecule has 1 aliphatic carbocycles. The fraction of sp³-hybridized carbons (Fsp3) is 0.875. The predicted octanol–water partition coefficient (Wildman–Crippen LogP) is 2.57. The zero-order valence-corrected chi connectivity index (χ0v) is 14.3. The highest BCUT2D eigenvalue weighted by molar-refractivity contribution is 7.99. The summed E-state index contributed by atoms with van der Waals surface area (Å²) in [6.45, 7) is 4.57. The standard InChI is InChI=1S/C16H28N2O2S/c1-4-16(5-2)15(20)18(11-10-14(19)17-16)12-8-6-7-9-13(12)21-3/h12-13H,4-11H2,1-3H3,(H,17,19). The summed E-state index contributed by atoms with van der Waals surface area (Å²) in [7, 11) is 0. The summed E-state index contributed by atoms with van der Waals surface area (Å²) in [5.74, 6) is 0.162. The SMILES string of the molecule is CCC1(CC)NC(=O)CCN(C2CCCCC2SC)C1=O. The summed E-state index contributed by atoms with van der Waals surface area (Å²) in [5, 5.41) is 3.52. The second-order valence-corrected chi connectivity index (χ2v) is 7.29. The molecule has 0 aromatic rings. The molecule has 1 saturated carbocycles. The van der Waals surface area contributed by atoms with Crippen LogP contribution in [-0.4, -0.2) is 46.3 Å². The molecule has 1 saturated heterocycles. The van der Waals surface area contributed by atoms with Crippen molar-refractivity contribution in [3.05, 3.63) is 0 Å². The van der Waals surface area contributed by atoms with E-state index in [1.54, 1.807) is 0 Å². The van der Waals surface area contributed by atoms with Crippen LogP contribution in [0.1, 0.15) is 58.8 Å². The summed E-state index contributed by atoms with van der Waals surface area (Å²) in [6, 6.07) is 0.298. The van der Waals surface area contributed by atoms with Crippen LogP contribution >= 0.6 is 11.8 Å². The van der Waals surface area contributed by atoms with Crippen molar-refractivity contribution < 1.29 is 9.59 Å². The minimum atomic E-state index is -0.687. The van der Waals surface area contributed by atoms with Gasteiger partial charge in [0.2, 0.25) is 11.8 Å². The van der Waals surface area contributed by atoms with Crippen LogP contribution in [0, 0.1) is 0 Å². The predicted molar refractivity (Wildman–Crippen MR) is 87.3 cm³/mol. The maximum atomic E-state index is 13.1. The fourth-order valence-electron chi connectivity index (χ4n) is 3.74. The van der Waals surface area contributed by atoms with Gasteiger partial charge < -0.3 is 10.2 Å². The van der Waals surface area contributed by atoms with Crippen molar-refractivity contribution in [3.8, 4) is 0 Å². The van der Waals surface area contributed by atoms with E-state index in [0.717, 1.165) is 6.42 Å². The topological polar surface area (TPSA) is 49.4 Å². The lowest BCUT2D eigenvalue weighted by molar-refractivity contribution is -0.141. The van der Waals surface area contributed by atoms with Gasteiger partial charge in [-0.1, -0.05) is 26.7 Å². The highest BCUT2D eigenvalue weighted by Gasteiger charge is 2.45. The van der Waals surface area contributed by atoms with Crippen molar-refractivity contribution in [2.75, 3.05) is 12.8 Å². The number of thioether (sulfide) groups is 1. The monoisotopic (exact) mass is 312 g/mol. The van der Waals surface area contributed by atoms with Gasteiger partial charge in [0.1, 0.15) is 5.54 Å². The average Bonchev–Trinajstić information content (AvgIpc) is 2.64. The molecular weight excluding hydrogens is 284 g/mol. The molecule has 2 unspecified atom stereocenters. The molecule has 2 rings (SSSR count). The zero-order valence-electron chi connectivity index (χ0n) is 13.5. The van der Waals surface area contributed by atoms with E-state index >= 15 is 0 Å². The van der Waals surface area contributed by atoms with Gasteiger partial charge >= 0.3 is 0 Å². The Morgan fingerprint density at radius 2 is 1.90 bits per heavy atom. The Morgan fingerprint density at radius 1 is 1.24 bits per heavy atom. The van der Waals surface area contributed by atoms with E-state index < -0.39 is 5.54 Å². The Bertz CT molecular complexity index is 396. The molecule has 2 amide bonds. The summed E-state index contributed by atoms with van der Waals surface area (Å²) >= 11 is 1.87. The average molecular weight is 312 g/mol. The molecule has 2 atom stereocenters. The fourth-order valence-corrected chi connectivity index (χ4v) is 4.74. The van der Waals surface area contributed by atoms with Gasteiger partial charge in [-0.25, -0.2) is 0 Å². The van der Waals surface area contributed by atoms with Crippen molar-refractivity contribution >= 4 is 23.6 Å². The summed E-state index contributed by atoms with van der Waals surface area (Å²) in [6.07, 6.45) is 8.62. The van der Waals surface area contributed by atoms with E-state index in [1.165, 1.54) is 19.3 Å². The molecule has 5 heteroatoms. The van der Waals surface area contributed by atoms with Crippen LogP contribution in [0.15, 0.2) is 0 Å². The highest BCUT2D eigenvalue weighted by Crippen LogP contribution is 2.33. The first-order valence-electron chi connectivity index (χ1n) is 8.22. The largest absolute Gasteiger partial charge is 0.342 e. The molecule has 0 bridgehead atoms. The second kappa shape index (κ2) is 7.03. The molecule has 21 heavy (non-hydrogen) atoms. The number of amides is 2. The molecule has 2 aliphatic rings. The summed E-state index contributed by atoms with van der Waals surface area (Å²) in [5.41, 5.74) is -0.687. The van der Waals surface area contributed by atoms with Gasteiger partial charge in [-0.2, -0.15) is 11.8 Å². The van der Waals surface area contributed by atoms with E-state index in [2.05, 4.69) is 11.6 Å². The maximum Gasteiger partial charge on any atom is 0.248 e. The lowest BCUT2D eigenvalue weighted by Crippen LogP contribution is -2.59. The van der Waals surface area contributed by atoms with Gasteiger partial charge in [0, 0.05) is 24.3 Å². The molecule has 1 heterocycles. The van der Waals surface area contributed by atoms with Crippen LogP contribution in [-0.2, 0) is 9.59 Å². The number of nitrogens with zero attached hydrogens (tertiary/aromatic N) is 1. The van der Waals surface area contributed by atoms with E-state index in [9.17, 15) is 9.59 Å². The number of hydrogen-bond acceptors (Lipinski definition) is 3. The van der Waals surface area contributed by atoms with Crippen LogP contribution in [0.25, 0.3) is 0 Å². The normalized spacial score (nSPS) is 30.0. The quantitative estimate of drug-likeness (QED) is 0.868. The highest BCUT2D eigenvalue weighted by atomic mass is 32.2. The van der Waals surface area contributed by atoms with Crippen LogP contribution in [0.2, 0.25) is 0 Å². The first-order chi connectivity index (χ1) is 10.1. The van der Waals surface area contributed by atoms with E-state index in [4.69, 9.17) is 0 Å². The van der Waals surface area contributed by atoms with Gasteiger partial charge in [0.05, 0.1) is 0 Å². The summed E-state index contributed by atoms with van der Waals surface area (Å²) < 4.78 is 0. The molecule has 0 aromatic heterocycles. The Labute approximate surface area is 132 Å². The third kappa shape index (κ3) is 3.22. The van der Waals surface area contributed by atoms with Crippen molar-refractivity contribution in [3.63, 3.8) is 0 Å². The molecule has 0 spiro atoms. The van der Waals surface area contributed by atoms with Gasteiger partial charge in [0.15, 0.2) is 0 Å². The molecule has 1 N–H and O–H groups in total. The third-order valence-corrected chi connectivity index (χ3v) is 6.36. The number of carbonyl (C=O) groups excluding carboxylic acids is 2. The van der Waals surface area contributed by atoms with Crippen molar-refractivity contribution in [1.82, 2.24) is 10.2 Å². The molecule has 120 valence electrons. The molecular formula is C16H28N2O2S. The minimum absolute atomic E-state index is 0.0195. The molecule has 1 aliphatic heterocycles. The third-order valence-electron chi connectivity index (χ3n) is 5.21. The lowest BCUT2D eigenvalue weighted by Gasteiger charge is -2.42. The lowest BCUT2D eigenvalue weighted by atomic mass is 9.88. The number of hydrogen-bond donors (Lipinski definition) is 1. The maximum absolute atomic E-state index is 13.1. The number of rotatable bonds is 4. The minimum Gasteiger partial charge on any atom is -0.342 e. The Morgan fingerprint density at radius 3 is 2.52 bits per heavy atom. The van der Waals surface area contributed by atoms with Gasteiger partial charge in [-0.15, -0.1) is 0 Å². The molecule has 4 nitrogen and oxygen atoms in total. The zero-order chi connectivity index (χ0) is 15.5. The molecule has 0 aromatic carbocycles. The molecule has 0 radical (unpaired) electrons. The second-order valence-electron chi connectivity index (χ2n) is 6.21. The van der Waals surface area contributed by atoms with Crippen LogP contribution in [0.4, 0.5) is 0 Å². The summed E-state index contributed by atoms with van der Waals surface area (Å²) in [4.78, 5) is 27.2. The van der Waals surface area contributed by atoms with Crippen LogP contribution in [0.3, 0.4) is 0 Å². The molecule has 2 fully saturated rings. The van der Waals surface area contributed by atoms with Crippen LogP contribution in [0.5, 0.6) is 0 Å². The first-order valence-corrected chi connectivity index (χ1v) is 9.51. The van der Waals surface area contributed by atoms with Crippen molar-refractivity contribution in [1.29, 1.82) is 0 Å². The Balaban J connectivity index is 2.28. The van der Waals surface area contributed by atoms with Crippen molar-refractivity contribution in [2.24, 2.45) is 0 Å². The smallest absolute Gasteiger partial charge is 0.248 e. The van der Waals surface area contributed by atoms with Gasteiger partial charge in [0.25, 0.3) is 0 Å². The first kappa shape index (κ1) is 16.7.